The van der Waals surface area contributed by atoms with E-state index in [0.29, 0.717) is 24.3 Å². The molecule has 2 aliphatic carbocycles. The summed E-state index contributed by atoms with van der Waals surface area (Å²) in [5, 5.41) is 11.2. The van der Waals surface area contributed by atoms with Crippen molar-refractivity contribution in [3.8, 4) is 0 Å². The van der Waals surface area contributed by atoms with Gasteiger partial charge >= 0.3 is 5.97 Å². The maximum atomic E-state index is 12.9. The Morgan fingerprint density at radius 3 is 2.50 bits per heavy atom. The van der Waals surface area contributed by atoms with Crippen molar-refractivity contribution in [1.29, 1.82) is 0 Å². The Labute approximate surface area is 155 Å². The molecule has 0 unspecified atom stereocenters. The van der Waals surface area contributed by atoms with Gasteiger partial charge in [0.1, 0.15) is 5.57 Å². The number of esters is 1. The maximum Gasteiger partial charge on any atom is 0.343 e. The minimum absolute atomic E-state index is 0.150. The van der Waals surface area contributed by atoms with Crippen LogP contribution in [-0.2, 0) is 20.7 Å². The molecule has 0 amide bonds. The van der Waals surface area contributed by atoms with Gasteiger partial charge in [0.25, 0.3) is 0 Å². The lowest BCUT2D eigenvalue weighted by molar-refractivity contribution is -0.151. The quantitative estimate of drug-likeness (QED) is 0.802. The van der Waals surface area contributed by atoms with Crippen molar-refractivity contribution < 1.29 is 19.4 Å². The van der Waals surface area contributed by atoms with Crippen molar-refractivity contribution in [2.24, 2.45) is 0 Å². The molecule has 1 aliphatic heterocycles. The second-order valence-electron chi connectivity index (χ2n) is 8.06. The fourth-order valence-corrected chi connectivity index (χ4v) is 4.65. The monoisotopic (exact) mass is 356 g/mol. The summed E-state index contributed by atoms with van der Waals surface area (Å²) in [6.07, 6.45) is 6.17. The van der Waals surface area contributed by atoms with Crippen LogP contribution in [0, 0.1) is 6.92 Å². The second kappa shape index (κ2) is 6.41. The summed E-state index contributed by atoms with van der Waals surface area (Å²) in [5.74, 6) is 0.292. The summed E-state index contributed by atoms with van der Waals surface area (Å²) in [5.41, 5.74) is 4.07. The maximum absolute atomic E-state index is 12.9. The van der Waals surface area contributed by atoms with Gasteiger partial charge in [0.15, 0.2) is 11.4 Å². The molecule has 1 aromatic rings. The van der Waals surface area contributed by atoms with Crippen molar-refractivity contribution in [3.63, 3.8) is 0 Å². The van der Waals surface area contributed by atoms with Crippen LogP contribution in [-0.4, -0.2) is 29.9 Å². The first-order valence-corrected chi connectivity index (χ1v) is 9.82. The molecule has 2 fully saturated rings. The number of aliphatic hydroxyl groups is 1. The van der Waals surface area contributed by atoms with Gasteiger partial charge in [0.05, 0.1) is 6.10 Å². The zero-order chi connectivity index (χ0) is 18.5. The zero-order valence-corrected chi connectivity index (χ0v) is 15.9. The molecule has 1 aromatic carbocycles. The van der Waals surface area contributed by atoms with Gasteiger partial charge in [0.2, 0.25) is 0 Å². The number of ether oxygens (including phenoxy) is 2. The number of rotatable bonds is 4. The molecule has 1 N–H and O–H groups in total. The highest BCUT2D eigenvalue weighted by Gasteiger charge is 2.51. The summed E-state index contributed by atoms with van der Waals surface area (Å²) in [6.45, 7) is 4.20. The Bertz CT molecular complexity index is 765. The third-order valence-electron chi connectivity index (χ3n) is 6.28. The van der Waals surface area contributed by atoms with Gasteiger partial charge in [-0.2, -0.15) is 0 Å². The molecule has 0 radical (unpaired) electrons. The van der Waals surface area contributed by atoms with E-state index in [1.165, 1.54) is 11.1 Å². The molecular formula is C22H28O4. The van der Waals surface area contributed by atoms with Gasteiger partial charge in [-0.3, -0.25) is 0 Å². The van der Waals surface area contributed by atoms with Crippen LogP contribution >= 0.6 is 0 Å². The summed E-state index contributed by atoms with van der Waals surface area (Å²) >= 11 is 0. The molecule has 1 heterocycles. The molecule has 1 spiro atoms. The van der Waals surface area contributed by atoms with Crippen molar-refractivity contribution in [3.05, 3.63) is 40.1 Å². The predicted molar refractivity (Wildman–Crippen MR) is 100 cm³/mol. The minimum Gasteiger partial charge on any atom is -0.507 e. The Morgan fingerprint density at radius 1 is 1.23 bits per heavy atom. The molecule has 4 nitrogen and oxygen atoms in total. The van der Waals surface area contributed by atoms with Crippen molar-refractivity contribution in [2.45, 2.75) is 76.4 Å². The number of aryl methyl sites for hydroxylation is 2. The van der Waals surface area contributed by atoms with Crippen LogP contribution in [0.1, 0.15) is 73.6 Å². The normalized spacial score (nSPS) is 28.7. The highest BCUT2D eigenvalue weighted by Crippen LogP contribution is 2.50. The van der Waals surface area contributed by atoms with Crippen LogP contribution in [0.4, 0.5) is 0 Å². The molecular weight excluding hydrogens is 328 g/mol. The molecule has 0 bridgehead atoms. The lowest BCUT2D eigenvalue weighted by atomic mass is 9.80. The van der Waals surface area contributed by atoms with Gasteiger partial charge in [0, 0.05) is 7.11 Å². The highest BCUT2D eigenvalue weighted by atomic mass is 16.6. The smallest absolute Gasteiger partial charge is 0.343 e. The predicted octanol–water partition coefficient (Wildman–Crippen LogP) is 4.59. The Balaban J connectivity index is 1.81. The number of carbonyl (C=O) groups excluding carboxylic acids is 1. The largest absolute Gasteiger partial charge is 0.507 e. The van der Waals surface area contributed by atoms with Crippen LogP contribution < -0.4 is 0 Å². The van der Waals surface area contributed by atoms with E-state index in [1.807, 2.05) is 0 Å². The molecule has 2 saturated carbocycles. The average Bonchev–Trinajstić information content (AvgIpc) is 3.44. The zero-order valence-electron chi connectivity index (χ0n) is 15.9. The summed E-state index contributed by atoms with van der Waals surface area (Å²) < 4.78 is 11.3. The summed E-state index contributed by atoms with van der Waals surface area (Å²) in [6, 6.07) is 4.33. The molecule has 140 valence electrons. The molecule has 0 saturated heterocycles. The number of carbonyl (C=O) groups is 1. The van der Waals surface area contributed by atoms with Gasteiger partial charge in [-0.25, -0.2) is 4.79 Å². The van der Waals surface area contributed by atoms with Crippen LogP contribution in [0.15, 0.2) is 17.9 Å². The van der Waals surface area contributed by atoms with E-state index < -0.39 is 5.60 Å². The van der Waals surface area contributed by atoms with E-state index in [4.69, 9.17) is 9.47 Å². The average molecular weight is 356 g/mol. The molecule has 26 heavy (non-hydrogen) atoms. The standard InChI is InChI=1S/C22H28O4/c1-4-14-11-13(2)12-17(15-5-6-15)18(14)19-20(23)22(26-21(19)24)9-7-16(25-3)8-10-22/h11-12,15-16,23H,4-10H2,1-3H3/t16-,22-. The van der Waals surface area contributed by atoms with Crippen LogP contribution in [0.2, 0.25) is 0 Å². The van der Waals surface area contributed by atoms with Crippen molar-refractivity contribution in [1.82, 2.24) is 0 Å². The summed E-state index contributed by atoms with van der Waals surface area (Å²) in [4.78, 5) is 12.9. The lowest BCUT2D eigenvalue weighted by Gasteiger charge is -2.35. The number of hydrogen-bond donors (Lipinski definition) is 1. The SMILES string of the molecule is CCc1cc(C)cc(C2CC2)c1C1=C(O)[C@]2(CC[C@@H](OC)CC2)OC1=O. The van der Waals surface area contributed by atoms with E-state index in [1.54, 1.807) is 7.11 Å². The third-order valence-corrected chi connectivity index (χ3v) is 6.28. The van der Waals surface area contributed by atoms with E-state index in [9.17, 15) is 9.90 Å². The number of benzene rings is 1. The molecule has 4 heteroatoms. The number of hydrogen-bond acceptors (Lipinski definition) is 4. The van der Waals surface area contributed by atoms with Gasteiger partial charge < -0.3 is 14.6 Å². The molecule has 3 aliphatic rings. The number of methoxy groups -OCH3 is 1. The minimum atomic E-state index is -0.849. The first-order valence-electron chi connectivity index (χ1n) is 9.82. The van der Waals surface area contributed by atoms with Crippen molar-refractivity contribution in [2.75, 3.05) is 7.11 Å². The van der Waals surface area contributed by atoms with E-state index >= 15 is 0 Å². The van der Waals surface area contributed by atoms with Gasteiger partial charge in [-0.1, -0.05) is 24.6 Å². The fraction of sp³-hybridized carbons (Fsp3) is 0.591. The first kappa shape index (κ1) is 17.6. The molecule has 0 aromatic heterocycles. The van der Waals surface area contributed by atoms with Gasteiger partial charge in [-0.15, -0.1) is 0 Å². The van der Waals surface area contributed by atoms with E-state index in [0.717, 1.165) is 43.2 Å². The van der Waals surface area contributed by atoms with Crippen LogP contribution in [0.3, 0.4) is 0 Å². The van der Waals surface area contributed by atoms with Gasteiger partial charge in [-0.05, 0) is 74.5 Å². The second-order valence-corrected chi connectivity index (χ2v) is 8.06. The number of aliphatic hydroxyl groups excluding tert-OH is 1. The van der Waals surface area contributed by atoms with E-state index in [-0.39, 0.29) is 17.8 Å². The first-order chi connectivity index (χ1) is 12.5. The molecule has 0 atom stereocenters. The van der Waals surface area contributed by atoms with E-state index in [2.05, 4.69) is 26.0 Å². The fourth-order valence-electron chi connectivity index (χ4n) is 4.65. The lowest BCUT2D eigenvalue weighted by Crippen LogP contribution is -2.38. The van der Waals surface area contributed by atoms with Crippen LogP contribution in [0.5, 0.6) is 0 Å². The van der Waals surface area contributed by atoms with Crippen molar-refractivity contribution >= 4 is 11.5 Å². The Morgan fingerprint density at radius 2 is 1.92 bits per heavy atom. The molecule has 4 rings (SSSR count). The Hall–Kier alpha value is -1.81. The third kappa shape index (κ3) is 2.75. The summed E-state index contributed by atoms with van der Waals surface area (Å²) in [7, 11) is 1.71. The highest BCUT2D eigenvalue weighted by molar-refractivity contribution is 6.20. The Kier molecular flexibility index (Phi) is 4.34. The van der Waals surface area contributed by atoms with Crippen LogP contribution in [0.25, 0.3) is 5.57 Å². The topological polar surface area (TPSA) is 55.8 Å².